The molecule has 1 amide bonds. The minimum Gasteiger partial charge on any atom is -0.363 e. The third-order valence-corrected chi connectivity index (χ3v) is 1.69. The van der Waals surface area contributed by atoms with Gasteiger partial charge in [-0.05, 0) is 27.7 Å². The fourth-order valence-corrected chi connectivity index (χ4v) is 1.09. The van der Waals surface area contributed by atoms with Crippen molar-refractivity contribution in [1.29, 1.82) is 5.26 Å². The number of amides is 1. The molecule has 0 aromatic carbocycles. The summed E-state index contributed by atoms with van der Waals surface area (Å²) >= 11 is 0. The Bertz CT molecular complexity index is 323. The molecule has 1 N–H and O–H groups in total. The van der Waals surface area contributed by atoms with Gasteiger partial charge in [0.05, 0.1) is 11.3 Å². The summed E-state index contributed by atoms with van der Waals surface area (Å²) in [5.74, 6) is -0.466. The molecule has 0 aliphatic heterocycles. The predicted octanol–water partition coefficient (Wildman–Crippen LogP) is 1.35. The number of aliphatic hydroxyl groups is 1. The minimum atomic E-state index is -1.30. The van der Waals surface area contributed by atoms with Gasteiger partial charge in [0.25, 0.3) is 0 Å². The van der Waals surface area contributed by atoms with Crippen LogP contribution in [0.15, 0.2) is 11.8 Å². The Hall–Kier alpha value is -1.38. The molecule has 0 aromatic rings. The molecule has 0 saturated heterocycles. The fraction of sp³-hybridized carbons (Fsp3) is 0.636. The molecule has 90 valence electrons. The van der Waals surface area contributed by atoms with Crippen LogP contribution in [0.3, 0.4) is 0 Å². The maximum Gasteiger partial charge on any atom is 0.237 e. The van der Waals surface area contributed by atoms with E-state index in [0.717, 1.165) is 4.90 Å². The molecule has 0 fully saturated rings. The number of carbonyl (C=O) groups excluding carboxylic acids is 1. The van der Waals surface area contributed by atoms with Crippen molar-refractivity contribution in [3.05, 3.63) is 11.8 Å². The van der Waals surface area contributed by atoms with E-state index in [4.69, 9.17) is 10.00 Å². The first-order chi connectivity index (χ1) is 7.22. The number of ether oxygens (including phenoxy) is 1. The van der Waals surface area contributed by atoms with Crippen LogP contribution < -0.4 is 0 Å². The fourth-order valence-electron chi connectivity index (χ4n) is 1.09. The molecule has 0 spiro atoms. The molecule has 0 bridgehead atoms. The molecule has 0 aliphatic rings. The van der Waals surface area contributed by atoms with Crippen molar-refractivity contribution in [2.45, 2.75) is 46.5 Å². The summed E-state index contributed by atoms with van der Waals surface area (Å²) in [6.45, 7) is 8.18. The first-order valence-corrected chi connectivity index (χ1v) is 4.95. The average molecular weight is 226 g/mol. The van der Waals surface area contributed by atoms with Crippen LogP contribution in [-0.2, 0) is 9.53 Å². The zero-order chi connectivity index (χ0) is 12.9. The Morgan fingerprint density at radius 2 is 2.06 bits per heavy atom. The van der Waals surface area contributed by atoms with Crippen LogP contribution in [0.25, 0.3) is 0 Å². The number of rotatable bonds is 3. The third kappa shape index (κ3) is 4.43. The number of hydrogen-bond donors (Lipinski definition) is 1. The zero-order valence-corrected chi connectivity index (χ0v) is 10.3. The van der Waals surface area contributed by atoms with Gasteiger partial charge in [-0.25, -0.2) is 4.90 Å². The van der Waals surface area contributed by atoms with Crippen LogP contribution in [0, 0.1) is 11.5 Å². The number of nitriles is 1. The predicted molar refractivity (Wildman–Crippen MR) is 58.7 cm³/mol. The van der Waals surface area contributed by atoms with Crippen LogP contribution in [0.2, 0.25) is 0 Å². The van der Waals surface area contributed by atoms with Crippen molar-refractivity contribution in [3.63, 3.8) is 0 Å². The van der Waals surface area contributed by atoms with Gasteiger partial charge in [-0.3, -0.25) is 4.79 Å². The van der Waals surface area contributed by atoms with E-state index in [0.29, 0.717) is 0 Å². The summed E-state index contributed by atoms with van der Waals surface area (Å²) in [4.78, 5) is 11.9. The average Bonchev–Trinajstić information content (AvgIpc) is 2.09. The van der Waals surface area contributed by atoms with Crippen LogP contribution in [0.1, 0.15) is 34.6 Å². The smallest absolute Gasteiger partial charge is 0.237 e. The van der Waals surface area contributed by atoms with Gasteiger partial charge in [-0.1, -0.05) is 6.08 Å². The highest BCUT2D eigenvalue weighted by Crippen LogP contribution is 2.17. The van der Waals surface area contributed by atoms with E-state index in [-0.39, 0.29) is 5.70 Å². The van der Waals surface area contributed by atoms with E-state index in [1.165, 1.54) is 13.0 Å². The van der Waals surface area contributed by atoms with E-state index in [2.05, 4.69) is 0 Å². The molecule has 0 saturated carbocycles. The molecule has 16 heavy (non-hydrogen) atoms. The molecule has 5 heteroatoms. The largest absolute Gasteiger partial charge is 0.363 e. The maximum absolute atomic E-state index is 11.1. The van der Waals surface area contributed by atoms with Gasteiger partial charge in [0.2, 0.25) is 5.91 Å². The standard InChI is InChI=1S/C11H18N2O3/c1-6-9(13(7-12)8(2)14)10(15)16-11(3,4)5/h6,10,15H,1-5H3/b9-6-. The van der Waals surface area contributed by atoms with Gasteiger partial charge in [0, 0.05) is 6.92 Å². The molecular formula is C11H18N2O3. The van der Waals surface area contributed by atoms with E-state index in [1.807, 2.05) is 0 Å². The molecule has 0 aliphatic carbocycles. The van der Waals surface area contributed by atoms with Crippen LogP contribution in [0.4, 0.5) is 0 Å². The summed E-state index contributed by atoms with van der Waals surface area (Å²) in [5.41, 5.74) is -0.434. The Labute approximate surface area is 95.9 Å². The minimum absolute atomic E-state index is 0.130. The number of nitrogens with zero attached hydrogens (tertiary/aromatic N) is 2. The normalized spacial score (nSPS) is 14.2. The summed E-state index contributed by atoms with van der Waals surface area (Å²) < 4.78 is 5.27. The third-order valence-electron chi connectivity index (χ3n) is 1.69. The SMILES string of the molecule is C/C=C(/C(O)OC(C)(C)C)N(C#N)C(C)=O. The molecule has 1 unspecified atom stereocenters. The first kappa shape index (κ1) is 14.6. The van der Waals surface area contributed by atoms with Crippen LogP contribution >= 0.6 is 0 Å². The number of allylic oxidation sites excluding steroid dienone is 1. The van der Waals surface area contributed by atoms with Gasteiger partial charge in [0.15, 0.2) is 12.5 Å². The van der Waals surface area contributed by atoms with E-state index in [9.17, 15) is 9.90 Å². The summed E-state index contributed by atoms with van der Waals surface area (Å²) in [7, 11) is 0. The molecule has 1 atom stereocenters. The zero-order valence-electron chi connectivity index (χ0n) is 10.3. The second-order valence-corrected chi connectivity index (χ2v) is 4.25. The van der Waals surface area contributed by atoms with Crippen molar-refractivity contribution in [2.75, 3.05) is 0 Å². The van der Waals surface area contributed by atoms with Crippen molar-refractivity contribution in [3.8, 4) is 6.19 Å². The Morgan fingerprint density at radius 1 is 1.56 bits per heavy atom. The van der Waals surface area contributed by atoms with Gasteiger partial charge < -0.3 is 9.84 Å². The van der Waals surface area contributed by atoms with E-state index >= 15 is 0 Å². The second kappa shape index (κ2) is 5.64. The first-order valence-electron chi connectivity index (χ1n) is 4.95. The molecule has 5 nitrogen and oxygen atoms in total. The highest BCUT2D eigenvalue weighted by Gasteiger charge is 2.25. The van der Waals surface area contributed by atoms with Gasteiger partial charge in [-0.2, -0.15) is 5.26 Å². The van der Waals surface area contributed by atoms with Gasteiger partial charge in [0.1, 0.15) is 0 Å². The monoisotopic (exact) mass is 226 g/mol. The lowest BCUT2D eigenvalue weighted by Gasteiger charge is -2.27. The summed E-state index contributed by atoms with van der Waals surface area (Å²) in [6, 6.07) is 0. The molecule has 0 aromatic heterocycles. The Morgan fingerprint density at radius 3 is 2.31 bits per heavy atom. The van der Waals surface area contributed by atoms with Crippen molar-refractivity contribution < 1.29 is 14.6 Å². The molecule has 0 radical (unpaired) electrons. The van der Waals surface area contributed by atoms with Crippen molar-refractivity contribution in [2.24, 2.45) is 0 Å². The lowest BCUT2D eigenvalue weighted by molar-refractivity contribution is -0.156. The number of aliphatic hydroxyl groups excluding tert-OH is 1. The summed E-state index contributed by atoms with van der Waals surface area (Å²) in [6.07, 6.45) is 1.87. The van der Waals surface area contributed by atoms with E-state index < -0.39 is 17.8 Å². The highest BCUT2D eigenvalue weighted by molar-refractivity contribution is 5.77. The second-order valence-electron chi connectivity index (χ2n) is 4.25. The number of carbonyl (C=O) groups is 1. The van der Waals surface area contributed by atoms with Gasteiger partial charge >= 0.3 is 0 Å². The van der Waals surface area contributed by atoms with Crippen molar-refractivity contribution >= 4 is 5.91 Å². The highest BCUT2D eigenvalue weighted by atomic mass is 16.6. The lowest BCUT2D eigenvalue weighted by atomic mass is 10.2. The molecule has 0 heterocycles. The van der Waals surface area contributed by atoms with Crippen LogP contribution in [0.5, 0.6) is 0 Å². The van der Waals surface area contributed by atoms with Crippen molar-refractivity contribution in [1.82, 2.24) is 4.90 Å². The topological polar surface area (TPSA) is 73.6 Å². The maximum atomic E-state index is 11.1. The molecular weight excluding hydrogens is 208 g/mol. The Balaban J connectivity index is 4.89. The van der Waals surface area contributed by atoms with Crippen LogP contribution in [-0.4, -0.2) is 27.8 Å². The summed E-state index contributed by atoms with van der Waals surface area (Å²) in [5, 5.41) is 18.6. The van der Waals surface area contributed by atoms with Gasteiger partial charge in [-0.15, -0.1) is 0 Å². The quantitative estimate of drug-likeness (QED) is 0.448. The molecule has 0 rings (SSSR count). The van der Waals surface area contributed by atoms with E-state index in [1.54, 1.807) is 33.9 Å². The number of hydrogen-bond acceptors (Lipinski definition) is 4. The Kier molecular flexibility index (Phi) is 5.15. The lowest BCUT2D eigenvalue weighted by Crippen LogP contribution is -2.36.